The molecule has 1 rings (SSSR count). The molecule has 1 aliphatic rings. The third-order valence-electron chi connectivity index (χ3n) is 2.46. The topological polar surface area (TPSA) is 72.2 Å². The number of nitrogens with one attached hydrogen (secondary N) is 1. The van der Waals surface area contributed by atoms with E-state index in [1.54, 1.807) is 6.92 Å². The number of sulfonamides is 1. The zero-order valence-corrected chi connectivity index (χ0v) is 8.81. The molecule has 1 fully saturated rings. The fourth-order valence-corrected chi connectivity index (χ4v) is 3.43. The van der Waals surface area contributed by atoms with Gasteiger partial charge in [0.15, 0.2) is 0 Å². The van der Waals surface area contributed by atoms with Crippen molar-refractivity contribution in [1.82, 2.24) is 4.72 Å². The van der Waals surface area contributed by atoms with Gasteiger partial charge in [0.05, 0.1) is 5.25 Å². The highest BCUT2D eigenvalue weighted by molar-refractivity contribution is 7.90. The molecule has 0 unspecified atom stereocenters. The van der Waals surface area contributed by atoms with Crippen LogP contribution in [0, 0.1) is 0 Å². The van der Waals surface area contributed by atoms with Crippen LogP contribution < -0.4 is 10.5 Å². The molecule has 3 N–H and O–H groups in total. The minimum atomic E-state index is -3.10. The summed E-state index contributed by atoms with van der Waals surface area (Å²) < 4.78 is 25.9. The van der Waals surface area contributed by atoms with Crippen LogP contribution in [0.1, 0.15) is 32.6 Å². The van der Waals surface area contributed by atoms with Crippen molar-refractivity contribution in [2.45, 2.75) is 43.9 Å². The van der Waals surface area contributed by atoms with Crippen LogP contribution in [0.4, 0.5) is 0 Å². The van der Waals surface area contributed by atoms with E-state index in [4.69, 9.17) is 5.73 Å². The second-order valence-corrected chi connectivity index (χ2v) is 5.70. The van der Waals surface area contributed by atoms with Gasteiger partial charge in [-0.25, -0.2) is 13.1 Å². The largest absolute Gasteiger partial charge is 0.329 e. The molecular formula is C8H18N2O2S. The minimum Gasteiger partial charge on any atom is -0.329 e. The van der Waals surface area contributed by atoms with Crippen molar-refractivity contribution < 1.29 is 8.42 Å². The number of hydrogen-bond acceptors (Lipinski definition) is 3. The summed E-state index contributed by atoms with van der Waals surface area (Å²) in [6, 6.07) is -0.148. The number of nitrogens with two attached hydrogens (primary N) is 1. The highest BCUT2D eigenvalue weighted by Gasteiger charge is 2.29. The summed E-state index contributed by atoms with van der Waals surface area (Å²) in [6.45, 7) is 2.14. The van der Waals surface area contributed by atoms with Gasteiger partial charge in [0, 0.05) is 12.6 Å². The molecule has 0 radical (unpaired) electrons. The van der Waals surface area contributed by atoms with Gasteiger partial charge in [-0.15, -0.1) is 0 Å². The van der Waals surface area contributed by atoms with Gasteiger partial charge in [0.2, 0.25) is 10.0 Å². The van der Waals surface area contributed by atoms with Gasteiger partial charge in [0.25, 0.3) is 0 Å². The van der Waals surface area contributed by atoms with Gasteiger partial charge < -0.3 is 5.73 Å². The second kappa shape index (κ2) is 4.39. The van der Waals surface area contributed by atoms with Gasteiger partial charge >= 0.3 is 0 Å². The van der Waals surface area contributed by atoms with E-state index in [1.165, 1.54) is 0 Å². The molecule has 78 valence electrons. The Morgan fingerprint density at radius 3 is 2.46 bits per heavy atom. The summed E-state index contributed by atoms with van der Waals surface area (Å²) in [4.78, 5) is 0. The maximum absolute atomic E-state index is 11.6. The molecule has 13 heavy (non-hydrogen) atoms. The molecule has 1 atom stereocenters. The van der Waals surface area contributed by atoms with Gasteiger partial charge in [-0.3, -0.25) is 0 Å². The predicted octanol–water partition coefficient (Wildman–Crippen LogP) is 0.196. The first-order chi connectivity index (χ1) is 6.06. The van der Waals surface area contributed by atoms with Gasteiger partial charge in [0.1, 0.15) is 0 Å². The average Bonchev–Trinajstić information content (AvgIpc) is 2.55. The van der Waals surface area contributed by atoms with Gasteiger partial charge in [-0.2, -0.15) is 0 Å². The molecule has 0 saturated heterocycles. The van der Waals surface area contributed by atoms with E-state index in [9.17, 15) is 8.42 Å². The van der Waals surface area contributed by atoms with Crippen LogP contribution in [0.3, 0.4) is 0 Å². The van der Waals surface area contributed by atoms with E-state index in [1.807, 2.05) is 0 Å². The van der Waals surface area contributed by atoms with Gasteiger partial charge in [-0.1, -0.05) is 12.8 Å². The Hall–Kier alpha value is -0.130. The molecule has 1 saturated carbocycles. The smallest absolute Gasteiger partial charge is 0.214 e. The van der Waals surface area contributed by atoms with Crippen LogP contribution in [0.5, 0.6) is 0 Å². The van der Waals surface area contributed by atoms with E-state index in [0.29, 0.717) is 6.54 Å². The van der Waals surface area contributed by atoms with Crippen LogP contribution in [0.25, 0.3) is 0 Å². The third-order valence-corrected chi connectivity index (χ3v) is 4.54. The van der Waals surface area contributed by atoms with E-state index in [-0.39, 0.29) is 11.3 Å². The summed E-state index contributed by atoms with van der Waals surface area (Å²) in [5.41, 5.74) is 5.35. The summed E-state index contributed by atoms with van der Waals surface area (Å²) in [7, 11) is -3.10. The highest BCUT2D eigenvalue weighted by atomic mass is 32.2. The molecule has 0 heterocycles. The lowest BCUT2D eigenvalue weighted by Crippen LogP contribution is -2.42. The maximum Gasteiger partial charge on any atom is 0.214 e. The predicted molar refractivity (Wildman–Crippen MR) is 52.8 cm³/mol. The normalized spacial score (nSPS) is 22.0. The van der Waals surface area contributed by atoms with Crippen LogP contribution in [-0.2, 0) is 10.0 Å². The van der Waals surface area contributed by atoms with Crippen molar-refractivity contribution in [2.24, 2.45) is 5.73 Å². The average molecular weight is 206 g/mol. The lowest BCUT2D eigenvalue weighted by molar-refractivity contribution is 0.547. The fourth-order valence-electron chi connectivity index (χ4n) is 1.62. The Morgan fingerprint density at radius 1 is 1.46 bits per heavy atom. The van der Waals surface area contributed by atoms with Crippen LogP contribution >= 0.6 is 0 Å². The lowest BCUT2D eigenvalue weighted by atomic mass is 10.4. The third kappa shape index (κ3) is 2.93. The Bertz CT molecular complexity index is 245. The lowest BCUT2D eigenvalue weighted by Gasteiger charge is -2.16. The zero-order valence-electron chi connectivity index (χ0n) is 7.99. The highest BCUT2D eigenvalue weighted by Crippen LogP contribution is 2.23. The first-order valence-corrected chi connectivity index (χ1v) is 6.32. The molecule has 5 heteroatoms. The molecule has 0 aromatic carbocycles. The summed E-state index contributed by atoms with van der Waals surface area (Å²) in [5.74, 6) is 0. The van der Waals surface area contributed by atoms with Crippen molar-refractivity contribution in [3.8, 4) is 0 Å². The van der Waals surface area contributed by atoms with Crippen molar-refractivity contribution in [3.63, 3.8) is 0 Å². The van der Waals surface area contributed by atoms with Crippen molar-refractivity contribution in [3.05, 3.63) is 0 Å². The standard InChI is InChI=1S/C8H18N2O2S/c1-7(6-9)10-13(11,12)8-4-2-3-5-8/h7-8,10H,2-6,9H2,1H3/t7-/m1/s1. The Morgan fingerprint density at radius 2 is 2.00 bits per heavy atom. The molecule has 0 aliphatic heterocycles. The molecule has 0 amide bonds. The molecule has 0 aromatic heterocycles. The first-order valence-electron chi connectivity index (χ1n) is 4.77. The number of hydrogen-bond donors (Lipinski definition) is 2. The molecule has 0 bridgehead atoms. The van der Waals surface area contributed by atoms with E-state index < -0.39 is 10.0 Å². The molecule has 0 aromatic rings. The second-order valence-electron chi connectivity index (χ2n) is 3.71. The van der Waals surface area contributed by atoms with Crippen LogP contribution in [-0.4, -0.2) is 26.3 Å². The Kier molecular flexibility index (Phi) is 3.70. The van der Waals surface area contributed by atoms with Crippen molar-refractivity contribution in [2.75, 3.05) is 6.54 Å². The monoisotopic (exact) mass is 206 g/mol. The molecule has 1 aliphatic carbocycles. The van der Waals surface area contributed by atoms with E-state index in [2.05, 4.69) is 4.72 Å². The summed E-state index contributed by atoms with van der Waals surface area (Å²) >= 11 is 0. The van der Waals surface area contributed by atoms with Gasteiger partial charge in [-0.05, 0) is 19.8 Å². The summed E-state index contributed by atoms with van der Waals surface area (Å²) in [5, 5.41) is -0.179. The maximum atomic E-state index is 11.6. The summed E-state index contributed by atoms with van der Waals surface area (Å²) in [6.07, 6.45) is 3.66. The SMILES string of the molecule is C[C@H](CN)NS(=O)(=O)C1CCCC1. The van der Waals surface area contributed by atoms with Crippen molar-refractivity contribution in [1.29, 1.82) is 0 Å². The first kappa shape index (κ1) is 10.9. The minimum absolute atomic E-state index is 0.148. The van der Waals surface area contributed by atoms with Crippen molar-refractivity contribution >= 4 is 10.0 Å². The zero-order chi connectivity index (χ0) is 9.90. The molecule has 0 spiro atoms. The quantitative estimate of drug-likeness (QED) is 0.690. The molecule has 4 nitrogen and oxygen atoms in total. The molecular weight excluding hydrogens is 188 g/mol. The Labute approximate surface area is 79.9 Å². The van der Waals surface area contributed by atoms with E-state index >= 15 is 0 Å². The number of rotatable bonds is 4. The van der Waals surface area contributed by atoms with E-state index in [0.717, 1.165) is 25.7 Å². The fraction of sp³-hybridized carbons (Fsp3) is 1.00. The van der Waals surface area contributed by atoms with Crippen LogP contribution in [0.15, 0.2) is 0 Å². The van der Waals surface area contributed by atoms with Crippen LogP contribution in [0.2, 0.25) is 0 Å². The Balaban J connectivity index is 2.54.